The molecule has 0 saturated carbocycles. The predicted molar refractivity (Wildman–Crippen MR) is 91.4 cm³/mol. The van der Waals surface area contributed by atoms with Gasteiger partial charge in [-0.05, 0) is 13.3 Å². The van der Waals surface area contributed by atoms with E-state index >= 15 is 0 Å². The van der Waals surface area contributed by atoms with Crippen LogP contribution in [0, 0.1) is 0 Å². The van der Waals surface area contributed by atoms with Gasteiger partial charge in [-0.25, -0.2) is 9.13 Å². The van der Waals surface area contributed by atoms with E-state index in [9.17, 15) is 0 Å². The Morgan fingerprint density at radius 1 is 0.810 bits per heavy atom. The number of imidazole rings is 1. The van der Waals surface area contributed by atoms with E-state index in [0.29, 0.717) is 0 Å². The molecule has 0 amide bonds. The van der Waals surface area contributed by atoms with Gasteiger partial charge in [0.05, 0.1) is 13.6 Å². The number of aryl methyl sites for hydroxylation is 2. The molecule has 1 rings (SSSR count). The topological polar surface area (TPSA) is 8.81 Å². The fourth-order valence-electron chi connectivity index (χ4n) is 3.11. The van der Waals surface area contributed by atoms with Crippen molar-refractivity contribution in [3.05, 3.63) is 18.2 Å². The zero-order chi connectivity index (χ0) is 15.3. The van der Waals surface area contributed by atoms with Crippen LogP contribution in [-0.4, -0.2) is 4.57 Å². The van der Waals surface area contributed by atoms with Crippen LogP contribution in [0.1, 0.15) is 90.3 Å². The van der Waals surface area contributed by atoms with Gasteiger partial charge in [0.2, 0.25) is 0 Å². The summed E-state index contributed by atoms with van der Waals surface area (Å²) in [4.78, 5) is 0. The van der Waals surface area contributed by atoms with Crippen LogP contribution in [-0.2, 0) is 20.0 Å². The zero-order valence-corrected chi connectivity index (χ0v) is 14.7. The molecule has 0 unspecified atom stereocenters. The van der Waals surface area contributed by atoms with Gasteiger partial charge in [-0.3, -0.25) is 0 Å². The van der Waals surface area contributed by atoms with Crippen molar-refractivity contribution in [3.63, 3.8) is 0 Å². The third kappa shape index (κ3) is 7.68. The van der Waals surface area contributed by atoms with Gasteiger partial charge in [0.1, 0.15) is 12.4 Å². The summed E-state index contributed by atoms with van der Waals surface area (Å²) in [5.41, 5.74) is 0. The van der Waals surface area contributed by atoms with Gasteiger partial charge < -0.3 is 0 Å². The Balaban J connectivity index is 1.94. The van der Waals surface area contributed by atoms with Crippen molar-refractivity contribution in [3.8, 4) is 0 Å². The Morgan fingerprint density at radius 3 is 1.86 bits per heavy atom. The summed E-state index contributed by atoms with van der Waals surface area (Å²) in [6, 6.07) is 0. The Morgan fingerprint density at radius 2 is 1.33 bits per heavy atom. The van der Waals surface area contributed by atoms with Gasteiger partial charge in [-0.1, -0.05) is 71.1 Å². The number of hydrogen-bond acceptors (Lipinski definition) is 0. The average Bonchev–Trinajstić information content (AvgIpc) is 2.85. The molecule has 0 spiro atoms. The molecule has 0 radical (unpaired) electrons. The van der Waals surface area contributed by atoms with E-state index in [4.69, 9.17) is 0 Å². The number of nitrogens with zero attached hydrogens (tertiary/aromatic N) is 2. The van der Waals surface area contributed by atoms with E-state index in [1.165, 1.54) is 82.9 Å². The number of unbranched alkanes of at least 4 members (excludes halogenated alkanes) is 10. The largest absolute Gasteiger partial charge is 0.256 e. The lowest BCUT2D eigenvalue weighted by molar-refractivity contribution is -0.700. The number of rotatable bonds is 13. The van der Waals surface area contributed by atoms with Gasteiger partial charge in [0.15, 0.2) is 0 Å². The third-order valence-electron chi connectivity index (χ3n) is 4.55. The van der Waals surface area contributed by atoms with Crippen molar-refractivity contribution in [2.24, 2.45) is 7.05 Å². The second-order valence-corrected chi connectivity index (χ2v) is 6.40. The maximum absolute atomic E-state index is 2.37. The summed E-state index contributed by atoms with van der Waals surface area (Å²) < 4.78 is 4.65. The first-order valence-electron chi connectivity index (χ1n) is 9.33. The Kier molecular flexibility index (Phi) is 10.3. The minimum Gasteiger partial charge on any atom is -0.237 e. The van der Waals surface area contributed by atoms with Crippen LogP contribution in [0.15, 0.2) is 12.4 Å². The van der Waals surface area contributed by atoms with E-state index in [1.54, 1.807) is 0 Å². The van der Waals surface area contributed by atoms with E-state index < -0.39 is 0 Å². The summed E-state index contributed by atoms with van der Waals surface area (Å²) in [6.45, 7) is 5.61. The van der Waals surface area contributed by atoms with Crippen molar-refractivity contribution in [1.82, 2.24) is 4.57 Å². The monoisotopic (exact) mass is 293 g/mol. The Labute approximate surface area is 132 Å². The maximum Gasteiger partial charge on any atom is 0.256 e. The first kappa shape index (κ1) is 18.3. The van der Waals surface area contributed by atoms with Crippen LogP contribution in [0.25, 0.3) is 0 Å². The molecule has 0 atom stereocenters. The third-order valence-corrected chi connectivity index (χ3v) is 4.55. The van der Waals surface area contributed by atoms with E-state index in [0.717, 1.165) is 6.54 Å². The van der Waals surface area contributed by atoms with Crippen molar-refractivity contribution in [1.29, 1.82) is 0 Å². The average molecular weight is 294 g/mol. The molecule has 0 fully saturated rings. The van der Waals surface area contributed by atoms with Gasteiger partial charge >= 0.3 is 0 Å². The van der Waals surface area contributed by atoms with Gasteiger partial charge in [-0.15, -0.1) is 0 Å². The van der Waals surface area contributed by atoms with Gasteiger partial charge in [-0.2, -0.15) is 0 Å². The molecule has 0 bridgehead atoms. The minimum atomic E-state index is 1.09. The molecule has 0 saturated heterocycles. The second-order valence-electron chi connectivity index (χ2n) is 6.40. The van der Waals surface area contributed by atoms with Crippen molar-refractivity contribution >= 4 is 0 Å². The quantitative estimate of drug-likeness (QED) is 0.350. The molecule has 2 heteroatoms. The molecule has 2 nitrogen and oxygen atoms in total. The van der Waals surface area contributed by atoms with Gasteiger partial charge in [0.25, 0.3) is 5.82 Å². The van der Waals surface area contributed by atoms with E-state index in [-0.39, 0.29) is 0 Å². The molecule has 0 aliphatic heterocycles. The van der Waals surface area contributed by atoms with Crippen LogP contribution in [0.4, 0.5) is 0 Å². The first-order valence-corrected chi connectivity index (χ1v) is 9.33. The van der Waals surface area contributed by atoms with E-state index in [2.05, 4.69) is 42.4 Å². The smallest absolute Gasteiger partial charge is 0.237 e. The van der Waals surface area contributed by atoms with Gasteiger partial charge in [0, 0.05) is 6.42 Å². The fourth-order valence-corrected chi connectivity index (χ4v) is 3.11. The summed E-state index contributed by atoms with van der Waals surface area (Å²) >= 11 is 0. The summed E-state index contributed by atoms with van der Waals surface area (Å²) in [5, 5.41) is 0. The highest BCUT2D eigenvalue weighted by Crippen LogP contribution is 2.12. The SMILES string of the molecule is CCCCCCCCCCCCCc1n(C)cc[n+]1CC. The lowest BCUT2D eigenvalue weighted by Gasteiger charge is -2.03. The summed E-state index contributed by atoms with van der Waals surface area (Å²) in [6.07, 6.45) is 21.3. The number of aromatic nitrogens is 2. The second kappa shape index (κ2) is 11.8. The first-order chi connectivity index (χ1) is 10.3. The molecule has 0 N–H and O–H groups in total. The molecular formula is C19H37N2+. The Bertz CT molecular complexity index is 354. The highest BCUT2D eigenvalue weighted by atomic mass is 15.1. The molecule has 1 heterocycles. The van der Waals surface area contributed by atoms with Crippen LogP contribution in [0.2, 0.25) is 0 Å². The van der Waals surface area contributed by atoms with Crippen molar-refractivity contribution < 1.29 is 4.57 Å². The van der Waals surface area contributed by atoms with Crippen molar-refractivity contribution in [2.45, 2.75) is 97.4 Å². The molecule has 1 aromatic rings. The number of hydrogen-bond donors (Lipinski definition) is 0. The lowest BCUT2D eigenvalue weighted by Crippen LogP contribution is -2.35. The predicted octanol–water partition coefficient (Wildman–Crippen LogP) is 5.19. The van der Waals surface area contributed by atoms with Crippen LogP contribution < -0.4 is 4.57 Å². The maximum atomic E-state index is 2.37. The van der Waals surface area contributed by atoms with Crippen LogP contribution in [0.5, 0.6) is 0 Å². The standard InChI is InChI=1S/C19H37N2/c1-4-6-7-8-9-10-11-12-13-14-15-16-19-20(3)17-18-21(19)5-2/h17-18H,4-16H2,1-3H3/q+1. The molecule has 21 heavy (non-hydrogen) atoms. The molecule has 0 aliphatic carbocycles. The normalized spacial score (nSPS) is 11.2. The summed E-state index contributed by atoms with van der Waals surface area (Å²) in [7, 11) is 2.17. The highest BCUT2D eigenvalue weighted by molar-refractivity contribution is 4.82. The summed E-state index contributed by atoms with van der Waals surface area (Å²) in [5.74, 6) is 1.48. The van der Waals surface area contributed by atoms with Crippen LogP contribution in [0.3, 0.4) is 0 Å². The van der Waals surface area contributed by atoms with Crippen LogP contribution >= 0.6 is 0 Å². The fraction of sp³-hybridized carbons (Fsp3) is 0.842. The Hall–Kier alpha value is -0.790. The molecule has 0 aromatic carbocycles. The van der Waals surface area contributed by atoms with Crippen molar-refractivity contribution in [2.75, 3.05) is 0 Å². The lowest BCUT2D eigenvalue weighted by atomic mass is 10.1. The van der Waals surface area contributed by atoms with E-state index in [1.807, 2.05) is 0 Å². The molecule has 1 aromatic heterocycles. The molecular weight excluding hydrogens is 256 g/mol. The molecule has 0 aliphatic rings. The minimum absolute atomic E-state index is 1.09. The zero-order valence-electron chi connectivity index (χ0n) is 14.7. The highest BCUT2D eigenvalue weighted by Gasteiger charge is 2.11. The molecule has 122 valence electrons.